The molecule has 2 heterocycles. The highest BCUT2D eigenvalue weighted by molar-refractivity contribution is 7.13. The summed E-state index contributed by atoms with van der Waals surface area (Å²) in [5, 5.41) is 18.6. The number of hydrogen-bond donors (Lipinski definition) is 4. The number of nitriles is 1. The number of halogens is 1. The lowest BCUT2D eigenvalue weighted by atomic mass is 9.49. The van der Waals surface area contributed by atoms with Crippen LogP contribution in [0, 0.1) is 40.4 Å². The van der Waals surface area contributed by atoms with Crippen LogP contribution < -0.4 is 31.2 Å². The second-order valence-corrected chi connectivity index (χ2v) is 22.8. The lowest BCUT2D eigenvalue weighted by molar-refractivity contribution is -0.164. The Hall–Kier alpha value is -6.06. The summed E-state index contributed by atoms with van der Waals surface area (Å²) >= 11 is 7.80. The number of nitrogens with two attached hydrogens (primary N) is 1. The number of nitrogens with one attached hydrogen (secondary N) is 3. The van der Waals surface area contributed by atoms with E-state index in [9.17, 15) is 29.2 Å². The highest BCUT2D eigenvalue weighted by Gasteiger charge is 2.64. The van der Waals surface area contributed by atoms with Gasteiger partial charge in [0, 0.05) is 48.1 Å². The summed E-state index contributed by atoms with van der Waals surface area (Å²) in [6.07, 6.45) is 0.263. The molecule has 16 nitrogen and oxygen atoms in total. The van der Waals surface area contributed by atoms with E-state index in [2.05, 4.69) is 27.0 Å². The van der Waals surface area contributed by atoms with Crippen molar-refractivity contribution in [2.24, 2.45) is 27.9 Å². The number of likely N-dealkylation sites (tertiary alicyclic amines) is 1. The van der Waals surface area contributed by atoms with Gasteiger partial charge in [-0.25, -0.2) is 4.98 Å². The number of aromatic nitrogens is 1. The molecule has 4 amide bonds. The third kappa shape index (κ3) is 13.8. The quantitative estimate of drug-likeness (QED) is 0.0464. The van der Waals surface area contributed by atoms with Gasteiger partial charge in [0.05, 0.1) is 39.8 Å². The number of carbonyl (C=O) groups is 5. The van der Waals surface area contributed by atoms with E-state index in [1.54, 1.807) is 59.3 Å². The van der Waals surface area contributed by atoms with Crippen LogP contribution >= 0.6 is 22.9 Å². The molecule has 2 fully saturated rings. The first-order valence-corrected chi connectivity index (χ1v) is 26.0. The van der Waals surface area contributed by atoms with Crippen molar-refractivity contribution in [2.75, 3.05) is 26.4 Å². The van der Waals surface area contributed by atoms with Crippen molar-refractivity contribution in [2.45, 2.75) is 131 Å². The minimum Gasteiger partial charge on any atom is -0.494 e. The van der Waals surface area contributed by atoms with Gasteiger partial charge in [0.1, 0.15) is 54.5 Å². The number of unbranched alkanes of at least 4 members (excludes halogenated alkanes) is 1. The van der Waals surface area contributed by atoms with Crippen molar-refractivity contribution in [3.8, 4) is 28.0 Å². The lowest BCUT2D eigenvalue weighted by Gasteiger charge is -2.63. The first-order chi connectivity index (χ1) is 34.4. The molecule has 3 aromatic carbocycles. The van der Waals surface area contributed by atoms with Crippen molar-refractivity contribution in [3.05, 3.63) is 99.6 Å². The molecule has 0 spiro atoms. The van der Waals surface area contributed by atoms with Gasteiger partial charge in [-0.05, 0) is 78.6 Å². The maximum Gasteiger partial charge on any atom is 0.323 e. The molecule has 1 aliphatic heterocycles. The van der Waals surface area contributed by atoms with Crippen molar-refractivity contribution >= 4 is 52.5 Å². The number of carbonyl (C=O) groups excluding carboxylic acids is 5. The molecule has 1 aromatic heterocycles. The van der Waals surface area contributed by atoms with Gasteiger partial charge in [0.15, 0.2) is 0 Å². The molecule has 392 valence electrons. The fourth-order valence-electron chi connectivity index (χ4n) is 9.74. The number of thiazole rings is 1. The Kier molecular flexibility index (Phi) is 18.4. The van der Waals surface area contributed by atoms with Crippen LogP contribution in [-0.4, -0.2) is 102 Å². The van der Waals surface area contributed by atoms with E-state index in [-0.39, 0.29) is 56.7 Å². The van der Waals surface area contributed by atoms with Crippen LogP contribution in [0.15, 0.2) is 72.2 Å². The van der Waals surface area contributed by atoms with E-state index >= 15 is 0 Å². The maximum absolute atomic E-state index is 14.4. The Morgan fingerprint density at radius 3 is 2.22 bits per heavy atom. The second-order valence-electron chi connectivity index (χ2n) is 21.6. The molecule has 1 saturated carbocycles. The summed E-state index contributed by atoms with van der Waals surface area (Å²) in [5.74, 6) is -1.24. The number of rotatable bonds is 21. The number of aryl methyl sites for hydroxylation is 1. The van der Waals surface area contributed by atoms with Gasteiger partial charge in [-0.1, -0.05) is 98.2 Å². The molecular weight excluding hydrogens is 970 g/mol. The minimum absolute atomic E-state index is 0.0502. The third-order valence-corrected chi connectivity index (χ3v) is 15.0. The van der Waals surface area contributed by atoms with Crippen molar-refractivity contribution in [3.63, 3.8) is 0 Å². The largest absolute Gasteiger partial charge is 0.494 e. The van der Waals surface area contributed by atoms with E-state index in [0.29, 0.717) is 47.1 Å². The van der Waals surface area contributed by atoms with Crippen LogP contribution in [-0.2, 0) is 35.2 Å². The average Bonchev–Trinajstić information content (AvgIpc) is 3.98. The van der Waals surface area contributed by atoms with E-state index < -0.39 is 64.2 Å². The van der Waals surface area contributed by atoms with Crippen molar-refractivity contribution in [1.29, 1.82) is 5.26 Å². The third-order valence-electron chi connectivity index (χ3n) is 13.7. The molecule has 0 radical (unpaired) electrons. The Morgan fingerprint density at radius 1 is 0.959 bits per heavy atom. The summed E-state index contributed by atoms with van der Waals surface area (Å²) in [5.41, 5.74) is 9.99. The van der Waals surface area contributed by atoms with E-state index in [1.807, 2.05) is 93.5 Å². The van der Waals surface area contributed by atoms with Gasteiger partial charge >= 0.3 is 5.97 Å². The molecule has 0 bridgehead atoms. The van der Waals surface area contributed by atoms with Gasteiger partial charge in [-0.2, -0.15) is 5.26 Å². The van der Waals surface area contributed by atoms with Crippen molar-refractivity contribution in [1.82, 2.24) is 25.8 Å². The maximum atomic E-state index is 14.4. The molecule has 1 saturated heterocycles. The Balaban J connectivity index is 0.951. The molecule has 4 atom stereocenters. The number of amides is 4. The summed E-state index contributed by atoms with van der Waals surface area (Å²) in [4.78, 5) is 74.8. The zero-order chi connectivity index (χ0) is 53.4. The van der Waals surface area contributed by atoms with E-state index in [4.69, 9.17) is 36.3 Å². The molecule has 2 aliphatic rings. The monoisotopic (exact) mass is 1040 g/mol. The van der Waals surface area contributed by atoms with Crippen LogP contribution in [0.3, 0.4) is 0 Å². The summed E-state index contributed by atoms with van der Waals surface area (Å²) < 4.78 is 23.7. The zero-order valence-corrected chi connectivity index (χ0v) is 45.1. The van der Waals surface area contributed by atoms with Crippen LogP contribution in [0.25, 0.3) is 10.4 Å². The molecule has 73 heavy (non-hydrogen) atoms. The van der Waals surface area contributed by atoms with Crippen LogP contribution in [0.2, 0.25) is 5.02 Å². The molecule has 18 heteroatoms. The molecule has 4 aromatic rings. The predicted octanol–water partition coefficient (Wildman–Crippen LogP) is 7.77. The fourth-order valence-corrected chi connectivity index (χ4v) is 10.8. The molecule has 5 N–H and O–H groups in total. The normalized spacial score (nSPS) is 19.7. The number of ether oxygens (including phenoxy) is 4. The van der Waals surface area contributed by atoms with E-state index in [0.717, 1.165) is 21.7 Å². The number of esters is 1. The molecule has 6 rings (SSSR count). The molecule has 1 unspecified atom stereocenters. The first kappa shape index (κ1) is 56.2. The minimum atomic E-state index is -1.04. The standard InChI is InChI=1S/C55H70ClN7O9S/c1-32(2)44(58)50(68)71-40-26-42(48(66)59-28-34-13-15-35(16-14-34)45-33(3)60-31-73-45)63(29-40)49(67)46(53(4,5)6)61-43(64)30-69-23-11-12-24-70-38-20-17-36(18-21-38)47(65)62-51-54(7,8)52(55(51,9)10)72-39-22-19-37(27-57)41(56)25-39/h13-22,25,31-32,40,42,44,46,51-52H,11-12,23-24,26,28-30,58H2,1-10H3,(H,59,66)(H,61,64)(H,62,65)/t40-,42+,44?,46-,51-,52-/m1/s1. The Bertz CT molecular complexity index is 2630. The van der Waals surface area contributed by atoms with Crippen LogP contribution in [0.4, 0.5) is 0 Å². The fraction of sp³-hybridized carbons (Fsp3) is 0.509. The van der Waals surface area contributed by atoms with E-state index in [1.165, 1.54) is 4.90 Å². The predicted molar refractivity (Wildman–Crippen MR) is 280 cm³/mol. The van der Waals surface area contributed by atoms with Gasteiger partial charge in [-0.3, -0.25) is 24.0 Å². The number of benzene rings is 3. The average molecular weight is 1040 g/mol. The van der Waals surface area contributed by atoms with Crippen LogP contribution in [0.5, 0.6) is 11.5 Å². The SMILES string of the molecule is Cc1ncsc1-c1ccc(CNC(=O)[C@@H]2C[C@@H](OC(=O)C(N)C(C)C)CN2C(=O)[C@@H](NC(=O)COCCCCOc2ccc(C(=O)N[C@H]3C(C)(C)[C@H](Oc4ccc(C#N)c(Cl)c4)C3(C)C)cc2)C(C)(C)C)cc1. The number of nitrogens with zero attached hydrogens (tertiary/aromatic N) is 3. The molecule has 1 aliphatic carbocycles. The highest BCUT2D eigenvalue weighted by Crippen LogP contribution is 2.55. The summed E-state index contributed by atoms with van der Waals surface area (Å²) in [6.45, 7) is 19.7. The second kappa shape index (κ2) is 23.9. The summed E-state index contributed by atoms with van der Waals surface area (Å²) in [7, 11) is 0. The van der Waals surface area contributed by atoms with Gasteiger partial charge in [0.25, 0.3) is 5.91 Å². The van der Waals surface area contributed by atoms with Gasteiger partial charge in [-0.15, -0.1) is 11.3 Å². The zero-order valence-electron chi connectivity index (χ0n) is 43.5. The van der Waals surface area contributed by atoms with Gasteiger partial charge in [0.2, 0.25) is 17.7 Å². The van der Waals surface area contributed by atoms with Crippen molar-refractivity contribution < 1.29 is 42.9 Å². The first-order valence-electron chi connectivity index (χ1n) is 24.7. The molecular formula is C55H70ClN7O9S. The summed E-state index contributed by atoms with van der Waals surface area (Å²) in [6, 6.07) is 18.7. The number of hydrogen-bond acceptors (Lipinski definition) is 13. The Morgan fingerprint density at radius 2 is 1.62 bits per heavy atom. The Labute approximate surface area is 438 Å². The van der Waals surface area contributed by atoms with Gasteiger partial charge < -0.3 is 45.5 Å². The van der Waals surface area contributed by atoms with Crippen LogP contribution in [0.1, 0.15) is 109 Å². The highest BCUT2D eigenvalue weighted by atomic mass is 35.5. The topological polar surface area (TPSA) is 224 Å². The smallest absolute Gasteiger partial charge is 0.323 e. The lowest BCUT2D eigenvalue weighted by Crippen LogP contribution is -2.74.